The van der Waals surface area contributed by atoms with Crippen molar-refractivity contribution in [1.29, 1.82) is 0 Å². The molecule has 0 bridgehead atoms. The molecule has 3 N–H and O–H groups in total. The van der Waals surface area contributed by atoms with Crippen LogP contribution in [0.1, 0.15) is 64.8 Å². The first-order valence-electron chi connectivity index (χ1n) is 18.8. The van der Waals surface area contributed by atoms with Crippen LogP contribution in [0.4, 0.5) is 4.79 Å². The van der Waals surface area contributed by atoms with Crippen LogP contribution in [-0.2, 0) is 29.7 Å². The molecule has 2 amide bonds. The van der Waals surface area contributed by atoms with E-state index in [9.17, 15) is 19.5 Å². The molecule has 1 aliphatic carbocycles. The largest absolute Gasteiger partial charge is 0.481 e. The Balaban J connectivity index is 1.14. The summed E-state index contributed by atoms with van der Waals surface area (Å²) in [5, 5.41) is 21.7. The molecule has 16 heteroatoms. The second-order valence-electron chi connectivity index (χ2n) is 16.0. The van der Waals surface area contributed by atoms with E-state index in [1.807, 2.05) is 58.0 Å². The number of hydrogen-bond acceptors (Lipinski definition) is 10. The number of rotatable bonds is 11. The Hall–Kier alpha value is -5.02. The Morgan fingerprint density at radius 3 is 2.53 bits per heavy atom. The molecule has 2 fully saturated rings. The number of halogens is 2. The second-order valence-corrected chi connectivity index (χ2v) is 16.8. The van der Waals surface area contributed by atoms with Crippen molar-refractivity contribution in [3.8, 4) is 39.5 Å². The SMILES string of the molecule is COc1nc(-c2cccc(-c3ccnc(-c4cc5c(=O)n(C)c(CNC6CC(C)(O)C6)nn5c4)c3Cl)c2Cl)ccc1CN(C(=O)OC[C@@H]1CCC(=O)N1)C(C)(C)C. The highest BCUT2D eigenvalue weighted by molar-refractivity contribution is 6.39. The van der Waals surface area contributed by atoms with Crippen LogP contribution < -0.4 is 20.9 Å². The van der Waals surface area contributed by atoms with E-state index in [1.54, 1.807) is 41.0 Å². The van der Waals surface area contributed by atoms with Gasteiger partial charge in [-0.3, -0.25) is 24.0 Å². The number of ether oxygens (including phenoxy) is 2. The van der Waals surface area contributed by atoms with Gasteiger partial charge in [-0.2, -0.15) is 5.10 Å². The van der Waals surface area contributed by atoms with E-state index in [2.05, 4.69) is 15.6 Å². The fourth-order valence-electron chi connectivity index (χ4n) is 7.35. The first kappa shape index (κ1) is 40.2. The number of aliphatic hydroxyl groups is 1. The quantitative estimate of drug-likeness (QED) is 0.141. The van der Waals surface area contributed by atoms with Gasteiger partial charge in [-0.05, 0) is 71.2 Å². The molecule has 300 valence electrons. The average Bonchev–Trinajstić information content (AvgIpc) is 3.78. The molecule has 0 radical (unpaired) electrons. The Morgan fingerprint density at radius 2 is 1.84 bits per heavy atom. The van der Waals surface area contributed by atoms with Crippen molar-refractivity contribution >= 4 is 40.7 Å². The van der Waals surface area contributed by atoms with Crippen molar-refractivity contribution < 1.29 is 24.2 Å². The summed E-state index contributed by atoms with van der Waals surface area (Å²) in [6, 6.07) is 12.7. The maximum Gasteiger partial charge on any atom is 0.410 e. The molecule has 1 aliphatic heterocycles. The van der Waals surface area contributed by atoms with Gasteiger partial charge in [0, 0.05) is 65.3 Å². The number of methoxy groups -OCH3 is 1. The highest BCUT2D eigenvalue weighted by Gasteiger charge is 2.38. The molecular formula is C41H46Cl2N8O6. The average molecular weight is 818 g/mol. The molecule has 1 aromatic carbocycles. The topological polar surface area (TPSA) is 165 Å². The van der Waals surface area contributed by atoms with Gasteiger partial charge in [0.2, 0.25) is 11.8 Å². The van der Waals surface area contributed by atoms with Crippen LogP contribution in [0.2, 0.25) is 10.0 Å². The zero-order valence-electron chi connectivity index (χ0n) is 32.7. The lowest BCUT2D eigenvalue weighted by Crippen LogP contribution is -2.51. The summed E-state index contributed by atoms with van der Waals surface area (Å²) in [5.74, 6) is 0.827. The smallest absolute Gasteiger partial charge is 0.410 e. The van der Waals surface area contributed by atoms with Crippen LogP contribution in [0.25, 0.3) is 39.2 Å². The van der Waals surface area contributed by atoms with E-state index < -0.39 is 17.2 Å². The Morgan fingerprint density at radius 1 is 1.11 bits per heavy atom. The Bertz CT molecular complexity index is 2420. The van der Waals surface area contributed by atoms with Crippen LogP contribution in [0.5, 0.6) is 5.88 Å². The normalized spacial score (nSPS) is 19.4. The maximum atomic E-state index is 13.4. The van der Waals surface area contributed by atoms with Gasteiger partial charge in [0.1, 0.15) is 17.9 Å². The third kappa shape index (κ3) is 8.36. The monoisotopic (exact) mass is 816 g/mol. The van der Waals surface area contributed by atoms with Crippen LogP contribution in [0.3, 0.4) is 0 Å². The van der Waals surface area contributed by atoms with Crippen LogP contribution >= 0.6 is 23.2 Å². The summed E-state index contributed by atoms with van der Waals surface area (Å²) < 4.78 is 14.4. The number of carbonyl (C=O) groups is 2. The minimum atomic E-state index is -0.660. The van der Waals surface area contributed by atoms with Gasteiger partial charge in [0.15, 0.2) is 0 Å². The Labute approximate surface area is 340 Å². The molecule has 57 heavy (non-hydrogen) atoms. The van der Waals surface area contributed by atoms with Gasteiger partial charge in [0.05, 0.1) is 53.3 Å². The van der Waals surface area contributed by atoms with Gasteiger partial charge in [-0.1, -0.05) is 41.4 Å². The molecule has 14 nitrogen and oxygen atoms in total. The lowest BCUT2D eigenvalue weighted by molar-refractivity contribution is -0.119. The van der Waals surface area contributed by atoms with E-state index in [0.29, 0.717) is 98.7 Å². The summed E-state index contributed by atoms with van der Waals surface area (Å²) in [6.07, 6.45) is 5.19. The number of hydrogen-bond donors (Lipinski definition) is 3. The zero-order valence-corrected chi connectivity index (χ0v) is 34.2. The first-order chi connectivity index (χ1) is 27.0. The first-order valence-corrected chi connectivity index (χ1v) is 19.5. The number of carbonyl (C=O) groups excluding carboxylic acids is 2. The predicted molar refractivity (Wildman–Crippen MR) is 217 cm³/mol. The molecule has 4 aromatic heterocycles. The second kappa shape index (κ2) is 15.7. The van der Waals surface area contributed by atoms with Crippen LogP contribution in [0, 0.1) is 0 Å². The van der Waals surface area contributed by atoms with E-state index in [-0.39, 0.29) is 36.7 Å². The summed E-state index contributed by atoms with van der Waals surface area (Å²) >= 11 is 14.2. The molecule has 0 unspecified atom stereocenters. The highest BCUT2D eigenvalue weighted by atomic mass is 35.5. The van der Waals surface area contributed by atoms with Gasteiger partial charge in [-0.15, -0.1) is 0 Å². The highest BCUT2D eigenvalue weighted by Crippen LogP contribution is 2.42. The number of amides is 2. The molecule has 7 rings (SSSR count). The van der Waals surface area contributed by atoms with Crippen molar-refractivity contribution in [3.63, 3.8) is 0 Å². The van der Waals surface area contributed by atoms with E-state index in [1.165, 1.54) is 11.7 Å². The van der Waals surface area contributed by atoms with Crippen molar-refractivity contribution in [2.75, 3.05) is 13.7 Å². The molecule has 1 atom stereocenters. The summed E-state index contributed by atoms with van der Waals surface area (Å²) in [6.45, 7) is 8.18. The van der Waals surface area contributed by atoms with Crippen molar-refractivity contribution in [3.05, 3.63) is 86.6 Å². The van der Waals surface area contributed by atoms with Gasteiger partial charge < -0.3 is 25.2 Å². The maximum absolute atomic E-state index is 13.4. The lowest BCUT2D eigenvalue weighted by atomic mass is 9.77. The molecule has 1 saturated carbocycles. The number of aromatic nitrogens is 5. The van der Waals surface area contributed by atoms with Crippen molar-refractivity contribution in [2.45, 2.75) is 89.7 Å². The van der Waals surface area contributed by atoms with Gasteiger partial charge in [0.25, 0.3) is 5.56 Å². The van der Waals surface area contributed by atoms with Gasteiger partial charge in [-0.25, -0.2) is 14.3 Å². The number of nitrogens with zero attached hydrogens (tertiary/aromatic N) is 6. The minimum Gasteiger partial charge on any atom is -0.481 e. The third-order valence-corrected chi connectivity index (χ3v) is 11.4. The Kier molecular flexibility index (Phi) is 11.1. The van der Waals surface area contributed by atoms with Crippen molar-refractivity contribution in [1.82, 2.24) is 39.7 Å². The van der Waals surface area contributed by atoms with E-state index in [4.69, 9.17) is 42.8 Å². The number of pyridine rings is 2. The number of nitrogens with one attached hydrogen (secondary N) is 2. The molecule has 5 heterocycles. The van der Waals surface area contributed by atoms with E-state index in [0.717, 1.165) is 0 Å². The molecule has 5 aromatic rings. The minimum absolute atomic E-state index is 0.0445. The standard InChI is InChI=1S/C41H46Cl2N8O6/c1-40(2,3)50(39(54)57-22-25-11-13-33(52)46-25)20-23-10-12-30(47-37(23)56-6)29-9-7-8-27(34(29)42)28-14-15-44-36(35(28)43)24-16-31-38(53)49(5)32(48-51(31)21-24)19-45-26-17-41(4,55)18-26/h7-10,12,14-16,21,25-26,45,55H,11,13,17-20,22H2,1-6H3,(H,46,52)/t25-,26?,41?/m0/s1. The lowest BCUT2D eigenvalue weighted by Gasteiger charge is -2.41. The predicted octanol–water partition coefficient (Wildman–Crippen LogP) is 6.16. The molecule has 2 aliphatic rings. The molecular weight excluding hydrogens is 771 g/mol. The van der Waals surface area contributed by atoms with E-state index >= 15 is 0 Å². The zero-order chi connectivity index (χ0) is 40.8. The van der Waals surface area contributed by atoms with Gasteiger partial charge >= 0.3 is 6.09 Å². The number of fused-ring (bicyclic) bond motifs is 1. The molecule has 0 spiro atoms. The fourth-order valence-corrected chi connectivity index (χ4v) is 7.99. The van der Waals surface area contributed by atoms with Crippen LogP contribution in [-0.4, -0.2) is 83.1 Å². The van der Waals surface area contributed by atoms with Crippen molar-refractivity contribution in [2.24, 2.45) is 7.05 Å². The molecule has 1 saturated heterocycles. The summed E-state index contributed by atoms with van der Waals surface area (Å²) in [5.41, 5.74) is 3.08. The fraction of sp³-hybridized carbons (Fsp3) is 0.415. The summed E-state index contributed by atoms with van der Waals surface area (Å²) in [4.78, 5) is 49.3. The van der Waals surface area contributed by atoms with Crippen LogP contribution in [0.15, 0.2) is 59.7 Å². The summed E-state index contributed by atoms with van der Waals surface area (Å²) in [7, 11) is 3.21. The third-order valence-electron chi connectivity index (χ3n) is 10.6. The number of benzene rings is 1.